The van der Waals surface area contributed by atoms with Crippen LogP contribution < -0.4 is 113 Å². The summed E-state index contributed by atoms with van der Waals surface area (Å²) in [5, 5.41) is 34.9. The first-order valence-corrected chi connectivity index (χ1v) is 4.95. The molecule has 0 fully saturated rings. The quantitative estimate of drug-likeness (QED) is 0.509. The van der Waals surface area contributed by atoms with Gasteiger partial charge in [-0.1, -0.05) is 24.3 Å². The normalized spacial score (nSPS) is 8.20. The summed E-state index contributed by atoms with van der Waals surface area (Å²) in [5.74, 6) is 0.514. The van der Waals surface area contributed by atoms with E-state index in [9.17, 15) is 0 Å². The van der Waals surface area contributed by atoms with E-state index >= 15 is 0 Å². The van der Waals surface area contributed by atoms with Crippen LogP contribution in [0, 0.1) is 0 Å². The van der Waals surface area contributed by atoms with Gasteiger partial charge in [-0.05, 0) is 41.5 Å². The number of hydrogen-bond donors (Lipinski definition) is 2. The average molecular weight is 324 g/mol. The molecule has 0 saturated heterocycles. The molecule has 5 nitrogen and oxygen atoms in total. The van der Waals surface area contributed by atoms with Crippen molar-refractivity contribution in [3.05, 3.63) is 48.5 Å². The molecule has 0 spiro atoms. The van der Waals surface area contributed by atoms with Gasteiger partial charge in [0.25, 0.3) is 0 Å². The minimum Gasteiger partial charge on any atom is -0.652 e. The SMILES string of the molecule is O=C([O-])[O-].Oc1ccc(-c2ccc(O)cc2)cc1.[K+].[K+]. The maximum atomic E-state index is 9.11. The molecule has 94 valence electrons. The maximum absolute atomic E-state index is 9.11. The van der Waals surface area contributed by atoms with Crippen molar-refractivity contribution >= 4 is 6.16 Å². The third kappa shape index (κ3) is 9.51. The number of phenolic OH excluding ortho intramolecular Hbond substituents is 2. The molecule has 0 unspecified atom stereocenters. The molecular formula is C13H10K2O5. The van der Waals surface area contributed by atoms with Gasteiger partial charge < -0.3 is 25.2 Å². The minimum atomic E-state index is -2.33. The number of phenols is 2. The van der Waals surface area contributed by atoms with Gasteiger partial charge in [-0.25, -0.2) is 0 Å². The predicted molar refractivity (Wildman–Crippen MR) is 60.6 cm³/mol. The van der Waals surface area contributed by atoms with Crippen molar-refractivity contribution in [3.8, 4) is 22.6 Å². The van der Waals surface area contributed by atoms with Gasteiger partial charge in [0.1, 0.15) is 11.5 Å². The Balaban J connectivity index is 0. The molecule has 2 aromatic carbocycles. The van der Waals surface area contributed by atoms with Crippen LogP contribution in [0.4, 0.5) is 4.79 Å². The summed E-state index contributed by atoms with van der Waals surface area (Å²) in [6, 6.07) is 13.9. The molecule has 0 saturated carbocycles. The number of carbonyl (C=O) groups excluding carboxylic acids is 1. The summed E-state index contributed by atoms with van der Waals surface area (Å²) < 4.78 is 0. The van der Waals surface area contributed by atoms with Gasteiger partial charge in [0.05, 0.1) is 0 Å². The van der Waals surface area contributed by atoms with Crippen molar-refractivity contribution in [3.63, 3.8) is 0 Å². The second-order valence-corrected chi connectivity index (χ2v) is 3.34. The second kappa shape index (κ2) is 12.2. The predicted octanol–water partition coefficient (Wildman–Crippen LogP) is -5.67. The summed E-state index contributed by atoms with van der Waals surface area (Å²) in [7, 11) is 0. The van der Waals surface area contributed by atoms with Gasteiger partial charge in [0, 0.05) is 0 Å². The first-order valence-electron chi connectivity index (χ1n) is 4.95. The Hall–Kier alpha value is 0.583. The summed E-state index contributed by atoms with van der Waals surface area (Å²) in [4.78, 5) is 8.33. The molecular weight excluding hydrogens is 314 g/mol. The number of carbonyl (C=O) groups is 1. The average Bonchev–Trinajstić information content (AvgIpc) is 2.31. The number of rotatable bonds is 1. The van der Waals surface area contributed by atoms with E-state index in [0.29, 0.717) is 0 Å². The van der Waals surface area contributed by atoms with Crippen LogP contribution in [0.2, 0.25) is 0 Å². The van der Waals surface area contributed by atoms with Crippen molar-refractivity contribution in [1.82, 2.24) is 0 Å². The van der Waals surface area contributed by atoms with Gasteiger partial charge in [-0.15, -0.1) is 0 Å². The number of aromatic hydroxyl groups is 2. The Kier molecular flexibility index (Phi) is 13.9. The van der Waals surface area contributed by atoms with Crippen molar-refractivity contribution in [1.29, 1.82) is 0 Å². The van der Waals surface area contributed by atoms with E-state index < -0.39 is 6.16 Å². The largest absolute Gasteiger partial charge is 1.00 e. The second-order valence-electron chi connectivity index (χ2n) is 3.34. The Morgan fingerprint density at radius 2 is 0.900 bits per heavy atom. The molecule has 7 heteroatoms. The van der Waals surface area contributed by atoms with Crippen molar-refractivity contribution in [2.24, 2.45) is 0 Å². The van der Waals surface area contributed by atoms with Crippen LogP contribution in [0.5, 0.6) is 11.5 Å². The fourth-order valence-corrected chi connectivity index (χ4v) is 1.31. The zero-order chi connectivity index (χ0) is 13.5. The molecule has 0 aliphatic heterocycles. The van der Waals surface area contributed by atoms with Gasteiger partial charge >= 0.3 is 103 Å². The van der Waals surface area contributed by atoms with Crippen molar-refractivity contribution in [2.45, 2.75) is 0 Å². The molecule has 2 aromatic rings. The van der Waals surface area contributed by atoms with Crippen molar-refractivity contribution < 1.29 is 128 Å². The van der Waals surface area contributed by atoms with Crippen molar-refractivity contribution in [2.75, 3.05) is 0 Å². The number of hydrogen-bond acceptors (Lipinski definition) is 5. The monoisotopic (exact) mass is 324 g/mol. The van der Waals surface area contributed by atoms with Crippen LogP contribution in [-0.2, 0) is 0 Å². The standard InChI is InChI=1S/C12H10O2.CH2O3.2K/c13-11-5-1-9(2-6-11)10-3-7-12(14)8-4-10;2-1(3)4;;/h1-8,13-14H;(H2,2,3,4);;/q;;2*+1/p-2. The smallest absolute Gasteiger partial charge is 0.652 e. The fourth-order valence-electron chi connectivity index (χ4n) is 1.31. The van der Waals surface area contributed by atoms with E-state index in [-0.39, 0.29) is 114 Å². The third-order valence-electron chi connectivity index (χ3n) is 2.07. The molecule has 20 heavy (non-hydrogen) atoms. The minimum absolute atomic E-state index is 0. The Labute approximate surface area is 201 Å². The van der Waals surface area contributed by atoms with E-state index in [4.69, 9.17) is 25.2 Å². The van der Waals surface area contributed by atoms with Crippen LogP contribution in [0.25, 0.3) is 11.1 Å². The maximum Gasteiger partial charge on any atom is 1.00 e. The van der Waals surface area contributed by atoms with Gasteiger partial charge in [-0.3, -0.25) is 0 Å². The van der Waals surface area contributed by atoms with Crippen LogP contribution >= 0.6 is 0 Å². The molecule has 0 aliphatic carbocycles. The first kappa shape index (κ1) is 22.9. The van der Waals surface area contributed by atoms with Crippen LogP contribution in [0.15, 0.2) is 48.5 Å². The van der Waals surface area contributed by atoms with Crippen LogP contribution in [-0.4, -0.2) is 16.4 Å². The molecule has 0 bridgehead atoms. The molecule has 0 atom stereocenters. The van der Waals surface area contributed by atoms with Gasteiger partial charge in [-0.2, -0.15) is 0 Å². The van der Waals surface area contributed by atoms with E-state index in [2.05, 4.69) is 0 Å². The van der Waals surface area contributed by atoms with Crippen LogP contribution in [0.3, 0.4) is 0 Å². The Bertz CT molecular complexity index is 464. The number of benzene rings is 2. The van der Waals surface area contributed by atoms with E-state index in [1.165, 1.54) is 0 Å². The molecule has 0 aromatic heterocycles. The Morgan fingerprint density at radius 1 is 0.700 bits per heavy atom. The van der Waals surface area contributed by atoms with E-state index in [1.54, 1.807) is 24.3 Å². The number of carboxylic acid groups (broad SMARTS) is 2. The summed E-state index contributed by atoms with van der Waals surface area (Å²) in [6.45, 7) is 0. The topological polar surface area (TPSA) is 104 Å². The van der Waals surface area contributed by atoms with E-state index in [1.807, 2.05) is 24.3 Å². The summed E-state index contributed by atoms with van der Waals surface area (Å²) in [6.07, 6.45) is -2.33. The van der Waals surface area contributed by atoms with Gasteiger partial charge in [0.2, 0.25) is 0 Å². The molecule has 2 rings (SSSR count). The molecule has 2 N–H and O–H groups in total. The molecule has 0 radical (unpaired) electrons. The fraction of sp³-hybridized carbons (Fsp3) is 0. The van der Waals surface area contributed by atoms with Crippen LogP contribution in [0.1, 0.15) is 0 Å². The molecule has 0 heterocycles. The Morgan fingerprint density at radius 3 is 1.10 bits per heavy atom. The summed E-state index contributed by atoms with van der Waals surface area (Å²) >= 11 is 0. The molecule has 0 aliphatic rings. The van der Waals surface area contributed by atoms with E-state index in [0.717, 1.165) is 11.1 Å². The summed E-state index contributed by atoms with van der Waals surface area (Å²) in [5.41, 5.74) is 2.03. The van der Waals surface area contributed by atoms with Gasteiger partial charge in [0.15, 0.2) is 0 Å². The first-order chi connectivity index (χ1) is 8.49. The third-order valence-corrected chi connectivity index (χ3v) is 2.07. The molecule has 0 amide bonds. The zero-order valence-electron chi connectivity index (χ0n) is 11.2. The zero-order valence-corrected chi connectivity index (χ0v) is 17.5.